The third-order valence-electron chi connectivity index (χ3n) is 6.09. The van der Waals surface area contributed by atoms with E-state index in [1.54, 1.807) is 18.5 Å². The van der Waals surface area contributed by atoms with E-state index in [2.05, 4.69) is 19.9 Å². The lowest BCUT2D eigenvalue weighted by atomic mass is 9.73. The van der Waals surface area contributed by atoms with Crippen LogP contribution in [0.25, 0.3) is 0 Å². The molecule has 4 heterocycles. The monoisotopic (exact) mass is 451 g/mol. The van der Waals surface area contributed by atoms with Gasteiger partial charge in [-0.2, -0.15) is 0 Å². The molecule has 30 heavy (non-hydrogen) atoms. The van der Waals surface area contributed by atoms with Gasteiger partial charge in [0.05, 0.1) is 32.6 Å². The average molecular weight is 452 g/mol. The number of methoxy groups -OCH3 is 1. The summed E-state index contributed by atoms with van der Waals surface area (Å²) in [5, 5.41) is 11.0. The van der Waals surface area contributed by atoms with Gasteiger partial charge in [0.25, 0.3) is 0 Å². The van der Waals surface area contributed by atoms with Crippen LogP contribution in [0.1, 0.15) is 25.5 Å². The van der Waals surface area contributed by atoms with Gasteiger partial charge < -0.3 is 25.2 Å². The van der Waals surface area contributed by atoms with Gasteiger partial charge in [-0.15, -0.1) is 0 Å². The zero-order valence-corrected chi connectivity index (χ0v) is 18.6. The summed E-state index contributed by atoms with van der Waals surface area (Å²) in [7, 11) is 1.52. The maximum atomic E-state index is 9.92. The molecule has 2 atom stereocenters. The van der Waals surface area contributed by atoms with E-state index < -0.39 is 0 Å². The fourth-order valence-electron chi connectivity index (χ4n) is 4.20. The second-order valence-electron chi connectivity index (χ2n) is 7.76. The lowest BCUT2D eigenvalue weighted by Crippen LogP contribution is -2.51. The highest BCUT2D eigenvalue weighted by Crippen LogP contribution is 2.42. The zero-order chi connectivity index (χ0) is 21.3. The first-order valence-electron chi connectivity index (χ1n) is 9.92. The lowest BCUT2D eigenvalue weighted by Gasteiger charge is -2.41. The number of ether oxygens (including phenoxy) is 2. The van der Waals surface area contributed by atoms with Crippen molar-refractivity contribution < 1.29 is 14.6 Å². The summed E-state index contributed by atoms with van der Waals surface area (Å²) in [5.41, 5.74) is 7.00. The van der Waals surface area contributed by atoms with Crippen LogP contribution in [0.4, 0.5) is 5.82 Å². The Hall–Kier alpha value is -1.65. The molecule has 1 spiro atoms. The zero-order valence-electron chi connectivity index (χ0n) is 17.0. The molecule has 10 heteroatoms. The second-order valence-corrected chi connectivity index (χ2v) is 9.20. The van der Waals surface area contributed by atoms with Gasteiger partial charge in [0, 0.05) is 35.6 Å². The van der Waals surface area contributed by atoms with Crippen molar-refractivity contribution in [2.75, 3.05) is 31.7 Å². The Morgan fingerprint density at radius 2 is 2.17 bits per heavy atom. The van der Waals surface area contributed by atoms with Crippen molar-refractivity contribution in [3.63, 3.8) is 0 Å². The van der Waals surface area contributed by atoms with Crippen molar-refractivity contribution >= 4 is 29.2 Å². The first-order chi connectivity index (χ1) is 14.5. The molecule has 162 valence electrons. The second kappa shape index (κ2) is 8.84. The van der Waals surface area contributed by atoms with Gasteiger partial charge in [-0.05, 0) is 25.8 Å². The average Bonchev–Trinajstić information content (AvgIpc) is 3.04. The topological polar surface area (TPSA) is 107 Å². The van der Waals surface area contributed by atoms with Crippen LogP contribution in [0.3, 0.4) is 0 Å². The molecule has 2 aliphatic heterocycles. The van der Waals surface area contributed by atoms with E-state index in [-0.39, 0.29) is 24.2 Å². The molecule has 2 aromatic heterocycles. The molecule has 2 aromatic rings. The first-order valence-corrected chi connectivity index (χ1v) is 11.1. The van der Waals surface area contributed by atoms with Gasteiger partial charge >= 0.3 is 0 Å². The number of pyridine rings is 1. The fourth-order valence-corrected chi connectivity index (χ4v) is 5.30. The van der Waals surface area contributed by atoms with E-state index in [9.17, 15) is 5.11 Å². The third kappa shape index (κ3) is 3.97. The van der Waals surface area contributed by atoms with Gasteiger partial charge in [0.1, 0.15) is 15.7 Å². The minimum atomic E-state index is -0.189. The Kier molecular flexibility index (Phi) is 6.36. The smallest absolute Gasteiger partial charge is 0.233 e. The number of aliphatic hydroxyl groups excluding tert-OH is 1. The van der Waals surface area contributed by atoms with Crippen LogP contribution in [0.15, 0.2) is 28.4 Å². The predicted molar refractivity (Wildman–Crippen MR) is 115 cm³/mol. The van der Waals surface area contributed by atoms with Crippen molar-refractivity contribution in [2.45, 2.75) is 48.4 Å². The summed E-state index contributed by atoms with van der Waals surface area (Å²) < 4.78 is 11.0. The van der Waals surface area contributed by atoms with E-state index in [1.165, 1.54) is 18.9 Å². The molecule has 2 aliphatic rings. The Morgan fingerprint density at radius 3 is 2.80 bits per heavy atom. The number of aromatic nitrogens is 3. The summed E-state index contributed by atoms with van der Waals surface area (Å²) >= 11 is 7.69. The molecule has 0 saturated carbocycles. The van der Waals surface area contributed by atoms with E-state index in [4.69, 9.17) is 26.8 Å². The Bertz CT molecular complexity index is 910. The van der Waals surface area contributed by atoms with E-state index >= 15 is 0 Å². The van der Waals surface area contributed by atoms with Gasteiger partial charge in [-0.25, -0.2) is 15.0 Å². The third-order valence-corrected chi connectivity index (χ3v) is 7.53. The van der Waals surface area contributed by atoms with Crippen LogP contribution in [0.5, 0.6) is 5.88 Å². The Morgan fingerprint density at radius 1 is 1.40 bits per heavy atom. The quantitative estimate of drug-likeness (QED) is 0.708. The molecule has 8 nitrogen and oxygen atoms in total. The Labute approximate surface area is 185 Å². The molecule has 0 unspecified atom stereocenters. The molecule has 0 radical (unpaired) electrons. The highest BCUT2D eigenvalue weighted by Gasteiger charge is 2.47. The highest BCUT2D eigenvalue weighted by molar-refractivity contribution is 7.99. The number of piperidine rings is 1. The molecule has 3 N–H and O–H groups in total. The van der Waals surface area contributed by atoms with Crippen LogP contribution < -0.4 is 15.4 Å². The minimum Gasteiger partial charge on any atom is -0.480 e. The summed E-state index contributed by atoms with van der Waals surface area (Å²) in [5.74, 6) is 1.08. The summed E-state index contributed by atoms with van der Waals surface area (Å²) in [4.78, 5) is 16.3. The summed E-state index contributed by atoms with van der Waals surface area (Å²) in [6, 6.07) is 1.85. The van der Waals surface area contributed by atoms with Gasteiger partial charge in [0.2, 0.25) is 5.88 Å². The number of nitrogens with zero attached hydrogens (tertiary/aromatic N) is 4. The highest BCUT2D eigenvalue weighted by atomic mass is 35.5. The fraction of sp³-hybridized carbons (Fsp3) is 0.550. The number of hydrogen-bond donors (Lipinski definition) is 2. The van der Waals surface area contributed by atoms with Crippen LogP contribution >= 0.6 is 23.4 Å². The standard InChI is InChI=1S/C20H26ClN5O3S/c1-12-17(22)20(11-29-12)4-7-26(8-5-20)18-13(10-27)25-15(9-24-18)30-14-3-6-23-19(28-2)16(14)21/h3,6,9,12,17,27H,4-5,7-8,10-11,22H2,1-2H3/t12-,17+/m0/s1. The van der Waals surface area contributed by atoms with Crippen molar-refractivity contribution in [3.05, 3.63) is 29.2 Å². The number of hydrogen-bond acceptors (Lipinski definition) is 9. The largest absolute Gasteiger partial charge is 0.480 e. The van der Waals surface area contributed by atoms with Crippen molar-refractivity contribution in [3.8, 4) is 5.88 Å². The molecule has 2 saturated heterocycles. The van der Waals surface area contributed by atoms with Crippen LogP contribution in [-0.4, -0.2) is 59.0 Å². The van der Waals surface area contributed by atoms with E-state index in [1.807, 2.05) is 6.92 Å². The maximum absolute atomic E-state index is 9.92. The number of anilines is 1. The number of halogens is 1. The number of rotatable bonds is 5. The minimum absolute atomic E-state index is 0.0374. The first kappa shape index (κ1) is 21.6. The molecular formula is C20H26ClN5O3S. The summed E-state index contributed by atoms with van der Waals surface area (Å²) in [6.45, 7) is 4.19. The van der Waals surface area contributed by atoms with Gasteiger partial charge in [0.15, 0.2) is 5.82 Å². The molecule has 0 amide bonds. The van der Waals surface area contributed by atoms with Crippen LogP contribution in [0.2, 0.25) is 5.02 Å². The lowest BCUT2D eigenvalue weighted by molar-refractivity contribution is 0.0973. The molecule has 0 aromatic carbocycles. The molecule has 4 rings (SSSR count). The molecular weight excluding hydrogens is 426 g/mol. The Balaban J connectivity index is 1.50. The van der Waals surface area contributed by atoms with Gasteiger partial charge in [-0.3, -0.25) is 0 Å². The SMILES string of the molecule is COc1nccc(Sc2cnc(N3CCC4(CC3)CO[C@@H](C)[C@H]4N)c(CO)n2)c1Cl. The van der Waals surface area contributed by atoms with Crippen LogP contribution in [0, 0.1) is 5.41 Å². The maximum Gasteiger partial charge on any atom is 0.233 e. The van der Waals surface area contributed by atoms with Crippen LogP contribution in [-0.2, 0) is 11.3 Å². The van der Waals surface area contributed by atoms with Crippen molar-refractivity contribution in [2.24, 2.45) is 11.1 Å². The predicted octanol–water partition coefficient (Wildman–Crippen LogP) is 2.51. The molecule has 0 aliphatic carbocycles. The van der Waals surface area contributed by atoms with E-state index in [0.717, 1.165) is 36.6 Å². The number of nitrogens with two attached hydrogens (primary N) is 1. The van der Waals surface area contributed by atoms with Crippen molar-refractivity contribution in [1.29, 1.82) is 0 Å². The molecule has 2 fully saturated rings. The van der Waals surface area contributed by atoms with Gasteiger partial charge in [-0.1, -0.05) is 23.4 Å². The molecule has 0 bridgehead atoms. The summed E-state index contributed by atoms with van der Waals surface area (Å²) in [6.07, 6.45) is 5.31. The van der Waals surface area contributed by atoms with Crippen molar-refractivity contribution in [1.82, 2.24) is 15.0 Å². The van der Waals surface area contributed by atoms with E-state index in [0.29, 0.717) is 28.2 Å². The normalized spacial score (nSPS) is 23.2. The number of aliphatic hydroxyl groups is 1.